The number of methoxy groups -OCH3 is 3. The fraction of sp³-hybridized carbons (Fsp3) is 0.455. The standard InChI is InChI=1S/C11H15NO5/c1-15-9-7-11(17-3)10(16-2)6-8(9)4-5-12(13)14/h6-7H,4-5H2,1-3H3. The number of ether oxygens (including phenoxy) is 3. The van der Waals surface area contributed by atoms with E-state index in [1.807, 2.05) is 0 Å². The SMILES string of the molecule is COc1cc(OC)c(OC)cc1CC[N+](=O)[O-]. The van der Waals surface area contributed by atoms with E-state index in [-0.39, 0.29) is 17.9 Å². The molecule has 1 aromatic rings. The van der Waals surface area contributed by atoms with Gasteiger partial charge in [0.25, 0.3) is 0 Å². The molecule has 6 nitrogen and oxygen atoms in total. The molecule has 0 saturated carbocycles. The normalized spacial score (nSPS) is 9.82. The van der Waals surface area contributed by atoms with Gasteiger partial charge >= 0.3 is 0 Å². The second-order valence-electron chi connectivity index (χ2n) is 3.33. The van der Waals surface area contributed by atoms with Gasteiger partial charge in [0.15, 0.2) is 11.5 Å². The average molecular weight is 241 g/mol. The molecule has 0 bridgehead atoms. The Morgan fingerprint density at radius 2 is 1.59 bits per heavy atom. The van der Waals surface area contributed by atoms with E-state index in [1.165, 1.54) is 21.3 Å². The maximum atomic E-state index is 10.4. The van der Waals surface area contributed by atoms with E-state index in [0.717, 1.165) is 5.56 Å². The van der Waals surface area contributed by atoms with E-state index in [9.17, 15) is 10.1 Å². The topological polar surface area (TPSA) is 70.8 Å². The number of nitrogens with zero attached hydrogens (tertiary/aromatic N) is 1. The van der Waals surface area contributed by atoms with Gasteiger partial charge in [-0.15, -0.1) is 0 Å². The minimum absolute atomic E-state index is 0.147. The van der Waals surface area contributed by atoms with Gasteiger partial charge in [0.1, 0.15) is 5.75 Å². The van der Waals surface area contributed by atoms with Crippen LogP contribution < -0.4 is 14.2 Å². The lowest BCUT2D eigenvalue weighted by Crippen LogP contribution is -2.06. The first-order valence-electron chi connectivity index (χ1n) is 5.03. The van der Waals surface area contributed by atoms with Crippen LogP contribution in [-0.2, 0) is 6.42 Å². The number of benzene rings is 1. The number of nitro groups is 1. The van der Waals surface area contributed by atoms with Crippen LogP contribution in [0.25, 0.3) is 0 Å². The van der Waals surface area contributed by atoms with E-state index in [2.05, 4.69) is 0 Å². The predicted octanol–water partition coefficient (Wildman–Crippen LogP) is 1.53. The minimum atomic E-state index is -0.365. The number of rotatable bonds is 6. The molecule has 1 aromatic carbocycles. The van der Waals surface area contributed by atoms with Crippen molar-refractivity contribution in [3.8, 4) is 17.2 Å². The zero-order chi connectivity index (χ0) is 12.8. The van der Waals surface area contributed by atoms with Crippen molar-refractivity contribution in [2.75, 3.05) is 27.9 Å². The van der Waals surface area contributed by atoms with Crippen LogP contribution in [0, 0.1) is 10.1 Å². The van der Waals surface area contributed by atoms with Crippen molar-refractivity contribution in [2.45, 2.75) is 6.42 Å². The minimum Gasteiger partial charge on any atom is -0.496 e. The second-order valence-corrected chi connectivity index (χ2v) is 3.33. The Hall–Kier alpha value is -1.98. The third kappa shape index (κ3) is 3.24. The largest absolute Gasteiger partial charge is 0.496 e. The zero-order valence-electron chi connectivity index (χ0n) is 10.1. The van der Waals surface area contributed by atoms with Crippen LogP contribution in [0.1, 0.15) is 5.56 Å². The molecule has 0 aliphatic rings. The van der Waals surface area contributed by atoms with E-state index in [0.29, 0.717) is 17.2 Å². The highest BCUT2D eigenvalue weighted by atomic mass is 16.6. The molecule has 17 heavy (non-hydrogen) atoms. The summed E-state index contributed by atoms with van der Waals surface area (Å²) in [5.74, 6) is 1.63. The molecule has 0 N–H and O–H groups in total. The van der Waals surface area contributed by atoms with Gasteiger partial charge in [0, 0.05) is 23.0 Å². The summed E-state index contributed by atoms with van der Waals surface area (Å²) in [5, 5.41) is 10.4. The van der Waals surface area contributed by atoms with Crippen molar-refractivity contribution in [1.82, 2.24) is 0 Å². The lowest BCUT2D eigenvalue weighted by molar-refractivity contribution is -0.479. The van der Waals surface area contributed by atoms with Crippen LogP contribution in [0.3, 0.4) is 0 Å². The summed E-state index contributed by atoms with van der Waals surface area (Å²) < 4.78 is 15.4. The molecule has 0 unspecified atom stereocenters. The van der Waals surface area contributed by atoms with Gasteiger partial charge in [-0.1, -0.05) is 0 Å². The quantitative estimate of drug-likeness (QED) is 0.558. The van der Waals surface area contributed by atoms with Crippen molar-refractivity contribution in [3.63, 3.8) is 0 Å². The molecule has 0 heterocycles. The summed E-state index contributed by atoms with van der Waals surface area (Å²) in [7, 11) is 4.55. The highest BCUT2D eigenvalue weighted by Crippen LogP contribution is 2.34. The Morgan fingerprint density at radius 1 is 1.06 bits per heavy atom. The van der Waals surface area contributed by atoms with E-state index >= 15 is 0 Å². The number of hydrogen-bond donors (Lipinski definition) is 0. The van der Waals surface area contributed by atoms with Gasteiger partial charge in [-0.2, -0.15) is 0 Å². The van der Waals surface area contributed by atoms with Gasteiger partial charge in [-0.25, -0.2) is 0 Å². The van der Waals surface area contributed by atoms with Crippen LogP contribution in [0.4, 0.5) is 0 Å². The van der Waals surface area contributed by atoms with Crippen LogP contribution in [0.5, 0.6) is 17.2 Å². The molecule has 0 atom stereocenters. The van der Waals surface area contributed by atoms with E-state index < -0.39 is 0 Å². The zero-order valence-corrected chi connectivity index (χ0v) is 10.1. The molecule has 0 radical (unpaired) electrons. The maximum Gasteiger partial charge on any atom is 0.208 e. The van der Waals surface area contributed by atoms with Crippen molar-refractivity contribution in [2.24, 2.45) is 0 Å². The first-order valence-corrected chi connectivity index (χ1v) is 5.03. The Labute approximate surface area is 99.2 Å². The van der Waals surface area contributed by atoms with Gasteiger partial charge in [-0.3, -0.25) is 10.1 Å². The molecule has 0 saturated heterocycles. The van der Waals surface area contributed by atoms with Gasteiger partial charge in [-0.05, 0) is 6.07 Å². The Morgan fingerprint density at radius 3 is 2.06 bits per heavy atom. The van der Waals surface area contributed by atoms with Crippen molar-refractivity contribution < 1.29 is 19.1 Å². The molecule has 0 fully saturated rings. The highest BCUT2D eigenvalue weighted by Gasteiger charge is 2.13. The lowest BCUT2D eigenvalue weighted by Gasteiger charge is -2.13. The van der Waals surface area contributed by atoms with Gasteiger partial charge < -0.3 is 14.2 Å². The molecule has 0 spiro atoms. The summed E-state index contributed by atoms with van der Waals surface area (Å²) in [5.41, 5.74) is 0.724. The average Bonchev–Trinajstić information content (AvgIpc) is 2.34. The van der Waals surface area contributed by atoms with E-state index in [4.69, 9.17) is 14.2 Å². The Kier molecular flexibility index (Phi) is 4.56. The van der Waals surface area contributed by atoms with Gasteiger partial charge in [0.05, 0.1) is 21.3 Å². The summed E-state index contributed by atoms with van der Waals surface area (Å²) in [6.45, 7) is -0.147. The van der Waals surface area contributed by atoms with Crippen LogP contribution in [0.2, 0.25) is 0 Å². The molecule has 0 aliphatic heterocycles. The van der Waals surface area contributed by atoms with E-state index in [1.54, 1.807) is 12.1 Å². The van der Waals surface area contributed by atoms with Crippen molar-refractivity contribution in [3.05, 3.63) is 27.8 Å². The van der Waals surface area contributed by atoms with Crippen LogP contribution in [-0.4, -0.2) is 32.8 Å². The molecule has 6 heteroatoms. The third-order valence-corrected chi connectivity index (χ3v) is 2.35. The summed E-state index contributed by atoms with van der Waals surface area (Å²) in [6.07, 6.45) is 0.288. The lowest BCUT2D eigenvalue weighted by atomic mass is 10.1. The fourth-order valence-corrected chi connectivity index (χ4v) is 1.50. The summed E-state index contributed by atoms with van der Waals surface area (Å²) in [6, 6.07) is 3.36. The third-order valence-electron chi connectivity index (χ3n) is 2.35. The van der Waals surface area contributed by atoms with Crippen molar-refractivity contribution in [1.29, 1.82) is 0 Å². The van der Waals surface area contributed by atoms with Crippen molar-refractivity contribution >= 4 is 0 Å². The molecule has 94 valence electrons. The number of hydrogen-bond acceptors (Lipinski definition) is 5. The highest BCUT2D eigenvalue weighted by molar-refractivity contribution is 5.50. The molecular weight excluding hydrogens is 226 g/mol. The predicted molar refractivity (Wildman–Crippen MR) is 61.7 cm³/mol. The smallest absolute Gasteiger partial charge is 0.208 e. The Balaban J connectivity index is 3.05. The van der Waals surface area contributed by atoms with Crippen LogP contribution in [0.15, 0.2) is 12.1 Å². The molecule has 0 aliphatic carbocycles. The molecule has 0 amide bonds. The molecule has 0 aromatic heterocycles. The Bertz CT molecular complexity index is 405. The molecule has 1 rings (SSSR count). The maximum absolute atomic E-state index is 10.4. The van der Waals surface area contributed by atoms with Crippen LogP contribution >= 0.6 is 0 Å². The molecular formula is C11H15NO5. The van der Waals surface area contributed by atoms with Gasteiger partial charge in [0.2, 0.25) is 6.54 Å². The summed E-state index contributed by atoms with van der Waals surface area (Å²) in [4.78, 5) is 9.99. The second kappa shape index (κ2) is 5.93. The summed E-state index contributed by atoms with van der Waals surface area (Å²) >= 11 is 0. The fourth-order valence-electron chi connectivity index (χ4n) is 1.50. The first-order chi connectivity index (χ1) is 8.12. The first kappa shape index (κ1) is 13.1. The monoisotopic (exact) mass is 241 g/mol.